The number of nitrogens with one attached hydrogen (secondary N) is 1. The van der Waals surface area contributed by atoms with Gasteiger partial charge >= 0.3 is 0 Å². The van der Waals surface area contributed by atoms with Crippen LogP contribution in [0.1, 0.15) is 82.1 Å². The predicted molar refractivity (Wildman–Crippen MR) is 117 cm³/mol. The summed E-state index contributed by atoms with van der Waals surface area (Å²) in [5.41, 5.74) is 7.99. The first-order valence-electron chi connectivity index (χ1n) is 11.2. The molecule has 2 heterocycles. The SMILES string of the molecule is CCCCCCCCCc1ccc(-c2noc([C@@H]3CCCN(C(=N)N)C3)n2)cc1. The third-order valence-corrected chi connectivity index (χ3v) is 5.83. The Bertz CT molecular complexity index is 755. The Morgan fingerprint density at radius 3 is 2.59 bits per heavy atom. The molecule has 3 N–H and O–H groups in total. The number of hydrogen-bond acceptors (Lipinski definition) is 4. The number of benzene rings is 1. The lowest BCUT2D eigenvalue weighted by molar-refractivity contribution is 0.257. The second kappa shape index (κ2) is 11.0. The summed E-state index contributed by atoms with van der Waals surface area (Å²) in [7, 11) is 0. The van der Waals surface area contributed by atoms with Gasteiger partial charge in [-0.25, -0.2) is 0 Å². The van der Waals surface area contributed by atoms with Crippen molar-refractivity contribution in [3.8, 4) is 11.4 Å². The van der Waals surface area contributed by atoms with Crippen molar-refractivity contribution < 1.29 is 4.52 Å². The van der Waals surface area contributed by atoms with Crippen molar-refractivity contribution in [2.45, 2.75) is 77.0 Å². The Labute approximate surface area is 174 Å². The topological polar surface area (TPSA) is 92.0 Å². The third-order valence-electron chi connectivity index (χ3n) is 5.83. The minimum atomic E-state index is 0.117. The van der Waals surface area contributed by atoms with Crippen LogP contribution in [0, 0.1) is 5.41 Å². The number of likely N-dealkylation sites (tertiary alicyclic amines) is 1. The molecule has 1 fully saturated rings. The smallest absolute Gasteiger partial charge is 0.231 e. The molecule has 0 aliphatic carbocycles. The molecular formula is C23H35N5O. The van der Waals surface area contributed by atoms with Crippen molar-refractivity contribution in [2.24, 2.45) is 5.73 Å². The van der Waals surface area contributed by atoms with Gasteiger partial charge in [-0.15, -0.1) is 0 Å². The fourth-order valence-corrected chi connectivity index (χ4v) is 4.02. The maximum absolute atomic E-state index is 7.64. The molecule has 0 unspecified atom stereocenters. The maximum atomic E-state index is 7.64. The summed E-state index contributed by atoms with van der Waals surface area (Å²) in [4.78, 5) is 6.49. The molecule has 0 bridgehead atoms. The predicted octanol–water partition coefficient (Wildman–Crippen LogP) is 5.10. The molecule has 6 heteroatoms. The summed E-state index contributed by atoms with van der Waals surface area (Å²) >= 11 is 0. The van der Waals surface area contributed by atoms with Crippen LogP contribution in [0.5, 0.6) is 0 Å². The van der Waals surface area contributed by atoms with E-state index >= 15 is 0 Å². The van der Waals surface area contributed by atoms with Gasteiger partial charge in [0.25, 0.3) is 0 Å². The largest absolute Gasteiger partial charge is 0.370 e. The molecule has 6 nitrogen and oxygen atoms in total. The average Bonchev–Trinajstić information content (AvgIpc) is 3.24. The van der Waals surface area contributed by atoms with E-state index in [-0.39, 0.29) is 11.9 Å². The van der Waals surface area contributed by atoms with E-state index in [0.717, 1.165) is 31.4 Å². The van der Waals surface area contributed by atoms with Gasteiger partial charge in [0.15, 0.2) is 5.96 Å². The van der Waals surface area contributed by atoms with Gasteiger partial charge in [-0.1, -0.05) is 74.9 Å². The van der Waals surface area contributed by atoms with Crippen LogP contribution in [0.2, 0.25) is 0 Å². The summed E-state index contributed by atoms with van der Waals surface area (Å²) < 4.78 is 5.54. The summed E-state index contributed by atoms with van der Waals surface area (Å²) in [6.45, 7) is 3.76. The highest BCUT2D eigenvalue weighted by Crippen LogP contribution is 2.27. The second-order valence-electron chi connectivity index (χ2n) is 8.19. The van der Waals surface area contributed by atoms with E-state index in [1.54, 1.807) is 0 Å². The molecule has 1 aliphatic rings. The van der Waals surface area contributed by atoms with E-state index in [2.05, 4.69) is 41.3 Å². The third kappa shape index (κ3) is 6.31. The number of aromatic nitrogens is 2. The maximum Gasteiger partial charge on any atom is 0.231 e. The van der Waals surface area contributed by atoms with Gasteiger partial charge in [-0.3, -0.25) is 5.41 Å². The van der Waals surface area contributed by atoms with Gasteiger partial charge in [0, 0.05) is 18.7 Å². The quantitative estimate of drug-likeness (QED) is 0.330. The molecule has 0 amide bonds. The molecule has 158 valence electrons. The van der Waals surface area contributed by atoms with Crippen molar-refractivity contribution in [1.29, 1.82) is 5.41 Å². The number of guanidine groups is 1. The van der Waals surface area contributed by atoms with Crippen LogP contribution in [0.3, 0.4) is 0 Å². The standard InChI is InChI=1S/C23H35N5O/c1-2-3-4-5-6-7-8-10-18-12-14-19(15-13-18)21-26-22(29-27-21)20-11-9-16-28(17-20)23(24)25/h12-15,20H,2-11,16-17H2,1H3,(H3,24,25)/t20-/m1/s1. The Morgan fingerprint density at radius 2 is 1.86 bits per heavy atom. The second-order valence-corrected chi connectivity index (χ2v) is 8.19. The highest BCUT2D eigenvalue weighted by molar-refractivity contribution is 5.74. The fourth-order valence-electron chi connectivity index (χ4n) is 4.02. The molecule has 3 rings (SSSR count). The van der Waals surface area contributed by atoms with Gasteiger partial charge in [-0.2, -0.15) is 4.98 Å². The average molecular weight is 398 g/mol. The van der Waals surface area contributed by atoms with Gasteiger partial charge < -0.3 is 15.2 Å². The molecule has 2 aromatic rings. The molecule has 0 radical (unpaired) electrons. The molecule has 1 aromatic carbocycles. The molecule has 1 atom stereocenters. The van der Waals surface area contributed by atoms with Crippen LogP contribution >= 0.6 is 0 Å². The van der Waals surface area contributed by atoms with Crippen LogP contribution in [-0.4, -0.2) is 34.1 Å². The highest BCUT2D eigenvalue weighted by atomic mass is 16.5. The van der Waals surface area contributed by atoms with E-state index in [9.17, 15) is 0 Å². The number of nitrogens with zero attached hydrogens (tertiary/aromatic N) is 3. The zero-order valence-corrected chi connectivity index (χ0v) is 17.7. The number of nitrogens with two attached hydrogens (primary N) is 1. The van der Waals surface area contributed by atoms with E-state index in [1.165, 1.54) is 50.5 Å². The Balaban J connectivity index is 1.48. The van der Waals surface area contributed by atoms with Crippen LogP contribution in [0.25, 0.3) is 11.4 Å². The van der Waals surface area contributed by atoms with E-state index < -0.39 is 0 Å². The van der Waals surface area contributed by atoms with Crippen molar-refractivity contribution in [3.05, 3.63) is 35.7 Å². The monoisotopic (exact) mass is 397 g/mol. The van der Waals surface area contributed by atoms with Gasteiger partial charge in [0.2, 0.25) is 11.7 Å². The number of rotatable bonds is 10. The molecule has 29 heavy (non-hydrogen) atoms. The van der Waals surface area contributed by atoms with E-state index in [0.29, 0.717) is 18.3 Å². The molecule has 1 aromatic heterocycles. The first-order valence-corrected chi connectivity index (χ1v) is 11.2. The molecule has 0 spiro atoms. The Morgan fingerprint density at radius 1 is 1.14 bits per heavy atom. The Hall–Kier alpha value is -2.37. The van der Waals surface area contributed by atoms with Crippen molar-refractivity contribution in [1.82, 2.24) is 15.0 Å². The molecule has 0 saturated carbocycles. The summed E-state index contributed by atoms with van der Waals surface area (Å²) in [5, 5.41) is 11.8. The number of aryl methyl sites for hydroxylation is 1. The normalized spacial score (nSPS) is 16.9. The highest BCUT2D eigenvalue weighted by Gasteiger charge is 2.26. The van der Waals surface area contributed by atoms with Crippen molar-refractivity contribution in [2.75, 3.05) is 13.1 Å². The van der Waals surface area contributed by atoms with Crippen LogP contribution < -0.4 is 5.73 Å². The van der Waals surface area contributed by atoms with E-state index in [1.807, 2.05) is 4.90 Å². The number of unbranched alkanes of at least 4 members (excludes halogenated alkanes) is 6. The van der Waals surface area contributed by atoms with Gasteiger partial charge in [-0.05, 0) is 31.2 Å². The zero-order valence-electron chi connectivity index (χ0n) is 17.7. The molecule has 1 aliphatic heterocycles. The van der Waals surface area contributed by atoms with Crippen LogP contribution in [-0.2, 0) is 6.42 Å². The van der Waals surface area contributed by atoms with E-state index in [4.69, 9.17) is 15.7 Å². The molecular weight excluding hydrogens is 362 g/mol. The number of hydrogen-bond donors (Lipinski definition) is 2. The lowest BCUT2D eigenvalue weighted by atomic mass is 9.98. The van der Waals surface area contributed by atoms with Crippen molar-refractivity contribution >= 4 is 5.96 Å². The van der Waals surface area contributed by atoms with Crippen molar-refractivity contribution in [3.63, 3.8) is 0 Å². The summed E-state index contributed by atoms with van der Waals surface area (Å²) in [5.74, 6) is 1.55. The zero-order chi connectivity index (χ0) is 20.5. The van der Waals surface area contributed by atoms with Gasteiger partial charge in [0.1, 0.15) is 0 Å². The molecule has 1 saturated heterocycles. The summed E-state index contributed by atoms with van der Waals surface area (Å²) in [6.07, 6.45) is 12.5. The number of piperidine rings is 1. The van der Waals surface area contributed by atoms with Crippen LogP contribution in [0.15, 0.2) is 28.8 Å². The first-order chi connectivity index (χ1) is 14.2. The summed E-state index contributed by atoms with van der Waals surface area (Å²) in [6, 6.07) is 8.54. The fraction of sp³-hybridized carbons (Fsp3) is 0.609. The minimum absolute atomic E-state index is 0.117. The first kappa shape index (κ1) is 21.3. The Kier molecular flexibility index (Phi) is 8.08. The lowest BCUT2D eigenvalue weighted by Gasteiger charge is -2.30. The van der Waals surface area contributed by atoms with Gasteiger partial charge in [0.05, 0.1) is 5.92 Å². The van der Waals surface area contributed by atoms with Crippen LogP contribution in [0.4, 0.5) is 0 Å². The minimum Gasteiger partial charge on any atom is -0.370 e. The lowest BCUT2D eigenvalue weighted by Crippen LogP contribution is -2.42.